The molecule has 8 heteroatoms. The molecule has 2 heterocycles. The molecule has 0 unspecified atom stereocenters. The Balaban J connectivity index is 1.34. The van der Waals surface area contributed by atoms with Crippen LogP contribution in [0.3, 0.4) is 0 Å². The molecule has 3 aliphatic rings. The minimum Gasteiger partial charge on any atom is -0.354 e. The molecule has 1 saturated heterocycles. The van der Waals surface area contributed by atoms with Crippen molar-refractivity contribution in [1.29, 1.82) is 0 Å². The van der Waals surface area contributed by atoms with Crippen LogP contribution < -0.4 is 10.2 Å². The van der Waals surface area contributed by atoms with E-state index in [4.69, 9.17) is 12.2 Å². The highest BCUT2D eigenvalue weighted by atomic mass is 32.2. The fourth-order valence-corrected chi connectivity index (χ4v) is 6.50. The van der Waals surface area contributed by atoms with Crippen LogP contribution in [-0.4, -0.2) is 46.1 Å². The average Bonchev–Trinajstić information content (AvgIpc) is 3.32. The van der Waals surface area contributed by atoms with Gasteiger partial charge in [0.15, 0.2) is 0 Å². The lowest BCUT2D eigenvalue weighted by Gasteiger charge is -2.29. The topological polar surface area (TPSA) is 69.7 Å². The van der Waals surface area contributed by atoms with Crippen molar-refractivity contribution in [3.05, 3.63) is 70.6 Å². The number of amides is 3. The fraction of sp³-hybridized carbons (Fsp3) is 0.333. The molecule has 1 saturated carbocycles. The molecule has 6 nitrogen and oxygen atoms in total. The Morgan fingerprint density at radius 2 is 1.69 bits per heavy atom. The quantitative estimate of drug-likeness (QED) is 0.468. The largest absolute Gasteiger partial charge is 0.354 e. The number of hydrogen-bond acceptors (Lipinski definition) is 5. The lowest BCUT2D eigenvalue weighted by Crippen LogP contribution is -2.40. The SMILES string of the molecule is O=C(CN1C(=O)C(=C2SC(=S)N(C3CCCCC3)C2=O)c2ccccc21)NCCc1ccccc1. The summed E-state index contributed by atoms with van der Waals surface area (Å²) in [6.07, 6.45) is 5.95. The molecule has 5 rings (SSSR count). The van der Waals surface area contributed by atoms with E-state index in [1.807, 2.05) is 54.6 Å². The van der Waals surface area contributed by atoms with Crippen LogP contribution in [0.5, 0.6) is 0 Å². The first-order valence-electron chi connectivity index (χ1n) is 12.1. The maximum absolute atomic E-state index is 13.6. The van der Waals surface area contributed by atoms with Crippen molar-refractivity contribution in [1.82, 2.24) is 10.2 Å². The number of benzene rings is 2. The monoisotopic (exact) mass is 505 g/mol. The molecular formula is C27H27N3O3S2. The Morgan fingerprint density at radius 1 is 0.971 bits per heavy atom. The second-order valence-corrected chi connectivity index (χ2v) is 10.7. The van der Waals surface area contributed by atoms with Crippen LogP contribution in [0.1, 0.15) is 43.2 Å². The van der Waals surface area contributed by atoms with Crippen molar-refractivity contribution in [2.75, 3.05) is 18.0 Å². The predicted octanol–water partition coefficient (Wildman–Crippen LogP) is 4.30. The third-order valence-electron chi connectivity index (χ3n) is 6.77. The highest BCUT2D eigenvalue weighted by Gasteiger charge is 2.44. The lowest BCUT2D eigenvalue weighted by atomic mass is 9.94. The van der Waals surface area contributed by atoms with Crippen LogP contribution in [0, 0.1) is 0 Å². The van der Waals surface area contributed by atoms with E-state index in [0.29, 0.717) is 39.0 Å². The molecule has 0 radical (unpaired) electrons. The molecule has 2 aromatic carbocycles. The number of hydrogen-bond donors (Lipinski definition) is 1. The number of rotatable bonds is 6. The minimum absolute atomic E-state index is 0.100. The Morgan fingerprint density at radius 3 is 2.46 bits per heavy atom. The zero-order chi connectivity index (χ0) is 24.4. The summed E-state index contributed by atoms with van der Waals surface area (Å²) in [4.78, 5) is 43.3. The van der Waals surface area contributed by atoms with Crippen LogP contribution >= 0.6 is 24.0 Å². The van der Waals surface area contributed by atoms with Gasteiger partial charge in [0, 0.05) is 18.2 Å². The lowest BCUT2D eigenvalue weighted by molar-refractivity contribution is -0.124. The number of fused-ring (bicyclic) bond motifs is 1. The highest BCUT2D eigenvalue weighted by Crippen LogP contribution is 2.45. The van der Waals surface area contributed by atoms with Gasteiger partial charge < -0.3 is 5.32 Å². The Hall–Kier alpha value is -2.97. The number of nitrogens with one attached hydrogen (secondary N) is 1. The summed E-state index contributed by atoms with van der Waals surface area (Å²) in [6, 6.07) is 17.4. The molecule has 2 fully saturated rings. The zero-order valence-electron chi connectivity index (χ0n) is 19.4. The summed E-state index contributed by atoms with van der Waals surface area (Å²) >= 11 is 6.79. The number of anilines is 1. The number of para-hydroxylation sites is 1. The molecule has 0 atom stereocenters. The van der Waals surface area contributed by atoms with Crippen molar-refractivity contribution >= 4 is 57.3 Å². The van der Waals surface area contributed by atoms with E-state index in [2.05, 4.69) is 5.32 Å². The molecule has 3 amide bonds. The van der Waals surface area contributed by atoms with E-state index < -0.39 is 0 Å². The molecule has 2 aromatic rings. The average molecular weight is 506 g/mol. The van der Waals surface area contributed by atoms with E-state index in [1.54, 1.807) is 4.90 Å². The standard InChI is InChI=1S/C27H27N3O3S2/c31-22(28-16-15-18-9-3-1-4-10-18)17-29-21-14-8-7-13-20(21)23(25(29)32)24-26(33)30(27(34)35-24)19-11-5-2-6-12-19/h1,3-4,7-10,13-14,19H,2,5-6,11-12,15-17H2,(H,28,31). The number of nitrogens with zero attached hydrogens (tertiary/aromatic N) is 2. The van der Waals surface area contributed by atoms with E-state index in [1.165, 1.54) is 23.1 Å². The first-order chi connectivity index (χ1) is 17.0. The maximum Gasteiger partial charge on any atom is 0.267 e. The van der Waals surface area contributed by atoms with E-state index in [0.717, 1.165) is 31.2 Å². The van der Waals surface area contributed by atoms with Crippen LogP contribution in [-0.2, 0) is 20.8 Å². The van der Waals surface area contributed by atoms with Crippen LogP contribution in [0.15, 0.2) is 59.5 Å². The number of thioether (sulfide) groups is 1. The summed E-state index contributed by atoms with van der Waals surface area (Å²) in [5, 5.41) is 2.91. The van der Waals surface area contributed by atoms with Gasteiger partial charge in [0.25, 0.3) is 11.8 Å². The van der Waals surface area contributed by atoms with Gasteiger partial charge in [-0.25, -0.2) is 0 Å². The summed E-state index contributed by atoms with van der Waals surface area (Å²) in [7, 11) is 0. The first kappa shape index (κ1) is 23.8. The van der Waals surface area contributed by atoms with Crippen molar-refractivity contribution in [3.63, 3.8) is 0 Å². The molecular weight excluding hydrogens is 478 g/mol. The van der Waals surface area contributed by atoms with Crippen molar-refractivity contribution in [2.45, 2.75) is 44.6 Å². The first-order valence-corrected chi connectivity index (χ1v) is 13.3. The van der Waals surface area contributed by atoms with Gasteiger partial charge in [0.05, 0.1) is 16.2 Å². The minimum atomic E-state index is -0.325. The fourth-order valence-electron chi connectivity index (χ4n) is 5.03. The van der Waals surface area contributed by atoms with Gasteiger partial charge in [-0.15, -0.1) is 0 Å². The number of thiocarbonyl (C=S) groups is 1. The van der Waals surface area contributed by atoms with Crippen LogP contribution in [0.25, 0.3) is 5.57 Å². The summed E-state index contributed by atoms with van der Waals surface area (Å²) in [6.45, 7) is 0.385. The van der Waals surface area contributed by atoms with Crippen LogP contribution in [0.2, 0.25) is 0 Å². The zero-order valence-corrected chi connectivity index (χ0v) is 21.0. The third kappa shape index (κ3) is 4.77. The molecule has 2 aliphatic heterocycles. The van der Waals surface area contributed by atoms with Gasteiger partial charge in [-0.3, -0.25) is 24.2 Å². The predicted molar refractivity (Wildman–Crippen MR) is 143 cm³/mol. The number of carbonyl (C=O) groups is 3. The van der Waals surface area contributed by atoms with E-state index in [-0.39, 0.29) is 30.3 Å². The molecule has 0 spiro atoms. The summed E-state index contributed by atoms with van der Waals surface area (Å²) in [5.74, 6) is -0.743. The van der Waals surface area contributed by atoms with Crippen molar-refractivity contribution < 1.29 is 14.4 Å². The van der Waals surface area contributed by atoms with E-state index >= 15 is 0 Å². The Kier molecular flexibility index (Phi) is 7.02. The van der Waals surface area contributed by atoms with Gasteiger partial charge in [0.1, 0.15) is 10.9 Å². The van der Waals surface area contributed by atoms with E-state index in [9.17, 15) is 14.4 Å². The normalized spacial score (nSPS) is 20.5. The Labute approximate surface area is 214 Å². The van der Waals surface area contributed by atoms with Gasteiger partial charge in [-0.05, 0) is 30.9 Å². The second-order valence-electron chi connectivity index (χ2n) is 9.03. The molecule has 180 valence electrons. The van der Waals surface area contributed by atoms with Gasteiger partial charge in [0.2, 0.25) is 5.91 Å². The smallest absolute Gasteiger partial charge is 0.267 e. The van der Waals surface area contributed by atoms with Crippen molar-refractivity contribution in [3.8, 4) is 0 Å². The molecule has 1 aliphatic carbocycles. The van der Waals surface area contributed by atoms with Gasteiger partial charge in [-0.2, -0.15) is 0 Å². The van der Waals surface area contributed by atoms with Crippen LogP contribution in [0.4, 0.5) is 5.69 Å². The number of carbonyl (C=O) groups excluding carboxylic acids is 3. The summed E-state index contributed by atoms with van der Waals surface area (Å²) < 4.78 is 0.520. The van der Waals surface area contributed by atoms with Gasteiger partial charge in [-0.1, -0.05) is 91.8 Å². The molecule has 0 bridgehead atoms. The highest BCUT2D eigenvalue weighted by molar-refractivity contribution is 8.26. The molecule has 0 aromatic heterocycles. The second kappa shape index (κ2) is 10.3. The van der Waals surface area contributed by atoms with Gasteiger partial charge >= 0.3 is 0 Å². The molecule has 35 heavy (non-hydrogen) atoms. The molecule has 1 N–H and O–H groups in total. The third-order valence-corrected chi connectivity index (χ3v) is 8.17. The Bertz CT molecular complexity index is 1210. The maximum atomic E-state index is 13.6. The summed E-state index contributed by atoms with van der Waals surface area (Å²) in [5.41, 5.74) is 2.82. The van der Waals surface area contributed by atoms with Crippen molar-refractivity contribution in [2.24, 2.45) is 0 Å².